The van der Waals surface area contributed by atoms with Crippen molar-refractivity contribution >= 4 is 0 Å². The quantitative estimate of drug-likeness (QED) is 0.843. The maximum absolute atomic E-state index is 13.2. The predicted octanol–water partition coefficient (Wildman–Crippen LogP) is 1.14. The first-order valence-corrected chi connectivity index (χ1v) is 6.93. The van der Waals surface area contributed by atoms with Gasteiger partial charge in [-0.2, -0.15) is 13.2 Å². The molecule has 0 aromatic carbocycles. The van der Waals surface area contributed by atoms with Gasteiger partial charge < -0.3 is 15.0 Å². The number of nitrogens with zero attached hydrogens (tertiary/aromatic N) is 3. The number of likely N-dealkylation sites (N-methyl/N-ethyl adjacent to an activating group) is 1. The van der Waals surface area contributed by atoms with E-state index in [1.54, 1.807) is 0 Å². The molecule has 2 aliphatic heterocycles. The number of hydrogen-bond donors (Lipinski definition) is 1. The summed E-state index contributed by atoms with van der Waals surface area (Å²) in [6.45, 7) is 2.60. The molecule has 1 aromatic rings. The largest absolute Gasteiger partial charge is 0.433 e. The van der Waals surface area contributed by atoms with Crippen molar-refractivity contribution in [2.75, 3.05) is 33.3 Å². The third-order valence-electron chi connectivity index (χ3n) is 3.78. The highest BCUT2D eigenvalue weighted by Crippen LogP contribution is 2.34. The number of fused-ring (bicyclic) bond motifs is 1. The van der Waals surface area contributed by atoms with Crippen molar-refractivity contribution in [3.63, 3.8) is 0 Å². The highest BCUT2D eigenvalue weighted by atomic mass is 19.4. The summed E-state index contributed by atoms with van der Waals surface area (Å²) in [4.78, 5) is 10.1. The zero-order valence-electron chi connectivity index (χ0n) is 11.7. The van der Waals surface area contributed by atoms with E-state index in [0.717, 1.165) is 6.54 Å². The van der Waals surface area contributed by atoms with Crippen LogP contribution in [0.4, 0.5) is 13.2 Å². The van der Waals surface area contributed by atoms with Crippen molar-refractivity contribution in [2.45, 2.75) is 25.2 Å². The van der Waals surface area contributed by atoms with Crippen molar-refractivity contribution in [2.24, 2.45) is 0 Å². The molecule has 116 valence electrons. The van der Waals surface area contributed by atoms with Crippen molar-refractivity contribution in [3.8, 4) is 0 Å². The van der Waals surface area contributed by atoms with Crippen molar-refractivity contribution in [3.05, 3.63) is 22.8 Å². The minimum atomic E-state index is -4.46. The molecular weight excluding hydrogens is 285 g/mol. The Morgan fingerprint density at radius 2 is 2.14 bits per heavy atom. The second-order valence-corrected chi connectivity index (χ2v) is 5.40. The molecule has 0 bridgehead atoms. The number of nitrogens with one attached hydrogen (secondary N) is 1. The molecule has 21 heavy (non-hydrogen) atoms. The molecule has 1 aromatic heterocycles. The maximum atomic E-state index is 13.2. The lowest BCUT2D eigenvalue weighted by Crippen LogP contribution is -2.37. The zero-order chi connectivity index (χ0) is 15.0. The Balaban J connectivity index is 2.01. The van der Waals surface area contributed by atoms with E-state index in [2.05, 4.69) is 15.3 Å². The Hall–Kier alpha value is -1.25. The summed E-state index contributed by atoms with van der Waals surface area (Å²) >= 11 is 0. The van der Waals surface area contributed by atoms with Gasteiger partial charge in [-0.25, -0.2) is 9.97 Å². The molecule has 0 aliphatic carbocycles. The van der Waals surface area contributed by atoms with Crippen molar-refractivity contribution in [1.29, 1.82) is 0 Å². The highest BCUT2D eigenvalue weighted by molar-refractivity contribution is 5.31. The van der Waals surface area contributed by atoms with Crippen molar-refractivity contribution < 1.29 is 17.9 Å². The Morgan fingerprint density at radius 1 is 1.33 bits per heavy atom. The van der Waals surface area contributed by atoms with E-state index < -0.39 is 18.0 Å². The predicted molar refractivity (Wildman–Crippen MR) is 68.6 cm³/mol. The maximum Gasteiger partial charge on any atom is 0.433 e. The summed E-state index contributed by atoms with van der Waals surface area (Å²) in [5.41, 5.74) is -0.148. The molecule has 1 atom stereocenters. The fourth-order valence-electron chi connectivity index (χ4n) is 2.69. The SMILES string of the molecule is CN1CCOC(c2nc3c(c(C(F)(F)F)n2)CCNC3)C1. The van der Waals surface area contributed by atoms with Gasteiger partial charge in [-0.05, 0) is 20.0 Å². The Labute approximate surface area is 120 Å². The summed E-state index contributed by atoms with van der Waals surface area (Å²) in [6, 6.07) is 0. The van der Waals surface area contributed by atoms with Gasteiger partial charge in [0.15, 0.2) is 11.5 Å². The van der Waals surface area contributed by atoms with Crippen LogP contribution >= 0.6 is 0 Å². The van der Waals surface area contributed by atoms with Crippen LogP contribution in [0, 0.1) is 0 Å². The molecule has 0 radical (unpaired) electrons. The summed E-state index contributed by atoms with van der Waals surface area (Å²) in [5, 5.41) is 3.05. The van der Waals surface area contributed by atoms with Crippen molar-refractivity contribution in [1.82, 2.24) is 20.2 Å². The number of morpholine rings is 1. The minimum Gasteiger partial charge on any atom is -0.368 e. The molecule has 1 saturated heterocycles. The van der Waals surface area contributed by atoms with Gasteiger partial charge in [-0.15, -0.1) is 0 Å². The molecule has 0 amide bonds. The Kier molecular flexibility index (Phi) is 3.85. The molecule has 1 N–H and O–H groups in total. The first-order valence-electron chi connectivity index (χ1n) is 6.93. The van der Waals surface area contributed by atoms with Crippen LogP contribution in [0.3, 0.4) is 0 Å². The van der Waals surface area contributed by atoms with E-state index in [4.69, 9.17) is 4.74 Å². The van der Waals surface area contributed by atoms with Crippen LogP contribution in [0.1, 0.15) is 28.9 Å². The van der Waals surface area contributed by atoms with Gasteiger partial charge in [-0.1, -0.05) is 0 Å². The lowest BCUT2D eigenvalue weighted by atomic mass is 10.0. The third-order valence-corrected chi connectivity index (χ3v) is 3.78. The molecular formula is C13H17F3N4O. The molecule has 3 rings (SSSR count). The molecule has 2 aliphatic rings. The second kappa shape index (κ2) is 5.51. The Bertz CT molecular complexity index is 535. The topological polar surface area (TPSA) is 50.3 Å². The van der Waals surface area contributed by atoms with Gasteiger partial charge in [0.1, 0.15) is 6.10 Å². The average Bonchev–Trinajstić information content (AvgIpc) is 2.45. The van der Waals surface area contributed by atoms with Crippen LogP contribution in [0.5, 0.6) is 0 Å². The highest BCUT2D eigenvalue weighted by Gasteiger charge is 2.39. The zero-order valence-corrected chi connectivity index (χ0v) is 11.7. The van der Waals surface area contributed by atoms with E-state index in [0.29, 0.717) is 38.4 Å². The number of halogens is 3. The van der Waals surface area contributed by atoms with E-state index in [-0.39, 0.29) is 11.4 Å². The lowest BCUT2D eigenvalue weighted by Gasteiger charge is -2.30. The standard InChI is InChI=1S/C13H17F3N4O/c1-20-4-5-21-10(7-20)12-18-9-6-17-3-2-8(9)11(19-12)13(14,15)16/h10,17H,2-7H2,1H3. The van der Waals surface area contributed by atoms with E-state index >= 15 is 0 Å². The fourth-order valence-corrected chi connectivity index (χ4v) is 2.69. The smallest absolute Gasteiger partial charge is 0.368 e. The van der Waals surface area contributed by atoms with Gasteiger partial charge >= 0.3 is 6.18 Å². The number of ether oxygens (including phenoxy) is 1. The average molecular weight is 302 g/mol. The van der Waals surface area contributed by atoms with Gasteiger partial charge in [0.2, 0.25) is 0 Å². The number of hydrogen-bond acceptors (Lipinski definition) is 5. The molecule has 5 nitrogen and oxygen atoms in total. The molecule has 0 saturated carbocycles. The van der Waals surface area contributed by atoms with E-state index in [9.17, 15) is 13.2 Å². The number of aromatic nitrogens is 2. The van der Waals surface area contributed by atoms with Gasteiger partial charge in [0.25, 0.3) is 0 Å². The van der Waals surface area contributed by atoms with Gasteiger partial charge in [0, 0.05) is 25.2 Å². The molecule has 1 unspecified atom stereocenters. The minimum absolute atomic E-state index is 0.135. The van der Waals surface area contributed by atoms with Crippen LogP contribution in [-0.2, 0) is 23.9 Å². The summed E-state index contributed by atoms with van der Waals surface area (Å²) < 4.78 is 45.3. The third kappa shape index (κ3) is 3.02. The lowest BCUT2D eigenvalue weighted by molar-refractivity contribution is -0.142. The Morgan fingerprint density at radius 3 is 2.86 bits per heavy atom. The van der Waals surface area contributed by atoms with Crippen LogP contribution < -0.4 is 5.32 Å². The van der Waals surface area contributed by atoms with E-state index in [1.807, 2.05) is 11.9 Å². The second-order valence-electron chi connectivity index (χ2n) is 5.40. The van der Waals surface area contributed by atoms with Crippen LogP contribution in [0.2, 0.25) is 0 Å². The van der Waals surface area contributed by atoms with E-state index in [1.165, 1.54) is 0 Å². The van der Waals surface area contributed by atoms with Gasteiger partial charge in [0.05, 0.1) is 12.3 Å². The van der Waals surface area contributed by atoms with Crippen LogP contribution in [0.15, 0.2) is 0 Å². The first-order chi connectivity index (χ1) is 9.95. The van der Waals surface area contributed by atoms with Gasteiger partial charge in [-0.3, -0.25) is 0 Å². The monoisotopic (exact) mass is 302 g/mol. The molecule has 8 heteroatoms. The number of alkyl halides is 3. The summed E-state index contributed by atoms with van der Waals surface area (Å²) in [5.74, 6) is 0.135. The molecule has 3 heterocycles. The number of rotatable bonds is 1. The summed E-state index contributed by atoms with van der Waals surface area (Å²) in [7, 11) is 1.90. The normalized spacial score (nSPS) is 23.9. The molecule has 1 fully saturated rings. The van der Waals surface area contributed by atoms with Crippen LogP contribution in [-0.4, -0.2) is 48.2 Å². The summed E-state index contributed by atoms with van der Waals surface area (Å²) in [6.07, 6.45) is -4.66. The first kappa shape index (κ1) is 14.7. The van der Waals surface area contributed by atoms with Crippen LogP contribution in [0.25, 0.3) is 0 Å². The molecule has 0 spiro atoms. The fraction of sp³-hybridized carbons (Fsp3) is 0.692.